The highest BCUT2D eigenvalue weighted by molar-refractivity contribution is 7.91. The molecule has 7 heteroatoms. The van der Waals surface area contributed by atoms with E-state index in [2.05, 4.69) is 5.32 Å². The molecule has 0 radical (unpaired) electrons. The summed E-state index contributed by atoms with van der Waals surface area (Å²) in [6, 6.07) is 14.8. The van der Waals surface area contributed by atoms with Crippen molar-refractivity contribution in [3.05, 3.63) is 59.7 Å². The van der Waals surface area contributed by atoms with Gasteiger partial charge in [0, 0.05) is 31.1 Å². The first-order valence-electron chi connectivity index (χ1n) is 10.8. The fourth-order valence-electron chi connectivity index (χ4n) is 3.95. The number of hydrogen-bond acceptors (Lipinski definition) is 4. The van der Waals surface area contributed by atoms with Gasteiger partial charge in [0.1, 0.15) is 0 Å². The van der Waals surface area contributed by atoms with E-state index in [9.17, 15) is 18.0 Å². The van der Waals surface area contributed by atoms with E-state index in [1.54, 1.807) is 23.1 Å². The second-order valence-corrected chi connectivity index (χ2v) is 10.6. The van der Waals surface area contributed by atoms with Crippen molar-refractivity contribution in [3.63, 3.8) is 0 Å². The van der Waals surface area contributed by atoms with E-state index in [4.69, 9.17) is 0 Å². The molecule has 2 amide bonds. The number of hydrogen-bond donors (Lipinski definition) is 1. The summed E-state index contributed by atoms with van der Waals surface area (Å²) >= 11 is 0. The Kier molecular flexibility index (Phi) is 6.14. The number of sulfone groups is 1. The summed E-state index contributed by atoms with van der Waals surface area (Å²) in [6.45, 7) is 3.09. The molecule has 164 valence electrons. The summed E-state index contributed by atoms with van der Waals surface area (Å²) < 4.78 is 25.5. The Morgan fingerprint density at radius 3 is 2.58 bits per heavy atom. The van der Waals surface area contributed by atoms with Crippen LogP contribution in [0.1, 0.15) is 43.2 Å². The minimum Gasteiger partial charge on any atom is -0.355 e. The van der Waals surface area contributed by atoms with E-state index < -0.39 is 9.84 Å². The van der Waals surface area contributed by atoms with E-state index in [0.717, 1.165) is 29.7 Å². The molecule has 1 aliphatic carbocycles. The van der Waals surface area contributed by atoms with E-state index in [1.165, 1.54) is 0 Å². The van der Waals surface area contributed by atoms with Gasteiger partial charge in [0.15, 0.2) is 9.84 Å². The summed E-state index contributed by atoms with van der Waals surface area (Å²) in [5.74, 6) is -0.0658. The number of rotatable bonds is 8. The SMILES string of the molecule is CC(CNC(=O)CCS(=O)(=O)c1ccc2c(c1)CCN2C(=O)C1CC1)c1ccccc1. The lowest BCUT2D eigenvalue weighted by atomic mass is 10.0. The molecule has 2 aromatic rings. The Morgan fingerprint density at radius 1 is 1.13 bits per heavy atom. The van der Waals surface area contributed by atoms with Crippen LogP contribution in [0.5, 0.6) is 0 Å². The lowest BCUT2D eigenvalue weighted by molar-refractivity contribution is -0.121. The predicted octanol–water partition coefficient (Wildman–Crippen LogP) is 3.07. The average Bonchev–Trinajstić information content (AvgIpc) is 3.55. The zero-order valence-corrected chi connectivity index (χ0v) is 18.5. The topological polar surface area (TPSA) is 83.6 Å². The van der Waals surface area contributed by atoms with Crippen LogP contribution < -0.4 is 10.2 Å². The Bertz CT molecular complexity index is 1080. The monoisotopic (exact) mass is 440 g/mol. The largest absolute Gasteiger partial charge is 0.355 e. The summed E-state index contributed by atoms with van der Waals surface area (Å²) in [6.07, 6.45) is 2.48. The third-order valence-corrected chi connectivity index (χ3v) is 7.78. The van der Waals surface area contributed by atoms with Crippen LogP contribution in [-0.4, -0.2) is 39.1 Å². The maximum absolute atomic E-state index is 12.8. The average molecular weight is 441 g/mol. The van der Waals surface area contributed by atoms with Gasteiger partial charge in [-0.15, -0.1) is 0 Å². The molecule has 31 heavy (non-hydrogen) atoms. The standard InChI is InChI=1S/C24H28N2O4S/c1-17(18-5-3-2-4-6-18)16-25-23(27)12-14-31(29,30)21-9-10-22-20(15-21)11-13-26(22)24(28)19-7-8-19/h2-6,9-10,15,17,19H,7-8,11-14,16H2,1H3,(H,25,27). The zero-order valence-electron chi connectivity index (χ0n) is 17.7. The molecule has 1 saturated carbocycles. The fourth-order valence-corrected chi connectivity index (χ4v) is 5.24. The molecule has 2 aromatic carbocycles. The van der Waals surface area contributed by atoms with Gasteiger partial charge in [-0.1, -0.05) is 37.3 Å². The highest BCUT2D eigenvalue weighted by Crippen LogP contribution is 2.37. The minimum atomic E-state index is -3.57. The molecule has 0 spiro atoms. The van der Waals surface area contributed by atoms with Gasteiger partial charge in [0.2, 0.25) is 11.8 Å². The number of nitrogens with one attached hydrogen (secondary N) is 1. The van der Waals surface area contributed by atoms with Crippen LogP contribution >= 0.6 is 0 Å². The third-order valence-electron chi connectivity index (χ3n) is 6.07. The van der Waals surface area contributed by atoms with E-state index >= 15 is 0 Å². The second kappa shape index (κ2) is 8.83. The van der Waals surface area contributed by atoms with Crippen LogP contribution in [0.4, 0.5) is 5.69 Å². The van der Waals surface area contributed by atoms with Gasteiger partial charge in [0.05, 0.1) is 10.6 Å². The molecule has 4 rings (SSSR count). The van der Waals surface area contributed by atoms with Crippen LogP contribution in [0.3, 0.4) is 0 Å². The summed E-state index contributed by atoms with van der Waals surface area (Å²) in [4.78, 5) is 26.6. The zero-order chi connectivity index (χ0) is 22.0. The van der Waals surface area contributed by atoms with Gasteiger partial charge in [-0.25, -0.2) is 8.42 Å². The maximum Gasteiger partial charge on any atom is 0.230 e. The number of nitrogens with zero attached hydrogens (tertiary/aromatic N) is 1. The van der Waals surface area contributed by atoms with Gasteiger partial charge in [-0.3, -0.25) is 9.59 Å². The first-order chi connectivity index (χ1) is 14.8. The van der Waals surface area contributed by atoms with Crippen LogP contribution in [0.2, 0.25) is 0 Å². The van der Waals surface area contributed by atoms with Crippen LogP contribution in [0.15, 0.2) is 53.4 Å². The second-order valence-electron chi connectivity index (χ2n) is 8.49. The Morgan fingerprint density at radius 2 is 1.87 bits per heavy atom. The van der Waals surface area contributed by atoms with Gasteiger partial charge < -0.3 is 10.2 Å². The number of fused-ring (bicyclic) bond motifs is 1. The Hall–Kier alpha value is -2.67. The molecule has 2 aliphatic rings. The van der Waals surface area contributed by atoms with E-state index in [-0.39, 0.29) is 40.7 Å². The highest BCUT2D eigenvalue weighted by atomic mass is 32.2. The molecule has 0 aromatic heterocycles. The lowest BCUT2D eigenvalue weighted by Gasteiger charge is -2.17. The van der Waals surface area contributed by atoms with Crippen molar-refractivity contribution in [3.8, 4) is 0 Å². The first kappa shape index (κ1) is 21.6. The molecule has 1 heterocycles. The molecule has 1 fully saturated rings. The normalized spacial score (nSPS) is 16.6. The number of amides is 2. The molecule has 1 unspecified atom stereocenters. The Balaban J connectivity index is 1.32. The van der Waals surface area contributed by atoms with Gasteiger partial charge >= 0.3 is 0 Å². The third kappa shape index (κ3) is 4.98. The number of carbonyl (C=O) groups is 2. The molecule has 0 saturated heterocycles. The summed E-state index contributed by atoms with van der Waals surface area (Å²) in [5, 5.41) is 2.83. The van der Waals surface area contributed by atoms with Crippen molar-refractivity contribution in [1.29, 1.82) is 0 Å². The fraction of sp³-hybridized carbons (Fsp3) is 0.417. The maximum atomic E-state index is 12.8. The van der Waals surface area contributed by atoms with Crippen molar-refractivity contribution >= 4 is 27.3 Å². The van der Waals surface area contributed by atoms with Crippen molar-refractivity contribution in [2.75, 3.05) is 23.7 Å². The Labute approximate surface area is 183 Å². The highest BCUT2D eigenvalue weighted by Gasteiger charge is 2.36. The van der Waals surface area contributed by atoms with Gasteiger partial charge in [-0.2, -0.15) is 0 Å². The van der Waals surface area contributed by atoms with Crippen molar-refractivity contribution in [2.45, 2.75) is 43.4 Å². The number of carbonyl (C=O) groups excluding carboxylic acids is 2. The van der Waals surface area contributed by atoms with Crippen LogP contribution in [-0.2, 0) is 25.8 Å². The molecule has 0 bridgehead atoms. The molecule has 1 aliphatic heterocycles. The molecule has 6 nitrogen and oxygen atoms in total. The first-order valence-corrected chi connectivity index (χ1v) is 12.5. The van der Waals surface area contributed by atoms with E-state index in [1.807, 2.05) is 37.3 Å². The summed E-state index contributed by atoms with van der Waals surface area (Å²) in [5.41, 5.74) is 2.84. The van der Waals surface area contributed by atoms with Crippen LogP contribution in [0.25, 0.3) is 0 Å². The van der Waals surface area contributed by atoms with Gasteiger partial charge in [-0.05, 0) is 54.5 Å². The van der Waals surface area contributed by atoms with Gasteiger partial charge in [0.25, 0.3) is 0 Å². The smallest absolute Gasteiger partial charge is 0.230 e. The quantitative estimate of drug-likeness (QED) is 0.684. The van der Waals surface area contributed by atoms with Crippen LogP contribution in [0, 0.1) is 5.92 Å². The predicted molar refractivity (Wildman–Crippen MR) is 120 cm³/mol. The lowest BCUT2D eigenvalue weighted by Crippen LogP contribution is -2.30. The molecular formula is C24H28N2O4S. The van der Waals surface area contributed by atoms with Crippen molar-refractivity contribution in [2.24, 2.45) is 5.92 Å². The number of benzene rings is 2. The summed E-state index contributed by atoms with van der Waals surface area (Å²) in [7, 11) is -3.57. The molecular weight excluding hydrogens is 412 g/mol. The molecule has 1 N–H and O–H groups in total. The van der Waals surface area contributed by atoms with Crippen molar-refractivity contribution in [1.82, 2.24) is 5.32 Å². The molecule has 1 atom stereocenters. The minimum absolute atomic E-state index is 0.0762. The number of anilines is 1. The van der Waals surface area contributed by atoms with Crippen molar-refractivity contribution < 1.29 is 18.0 Å². The van der Waals surface area contributed by atoms with E-state index in [0.29, 0.717) is 19.5 Å².